The van der Waals surface area contributed by atoms with Crippen LogP contribution in [0.25, 0.3) is 0 Å². The summed E-state index contributed by atoms with van der Waals surface area (Å²) in [6.07, 6.45) is 2.30. The van der Waals surface area contributed by atoms with E-state index in [0.29, 0.717) is 17.1 Å². The largest absolute Gasteiger partial charge is 0.352 e. The number of hydrogen-bond donors (Lipinski definition) is 1. The zero-order chi connectivity index (χ0) is 26.2. The first-order valence-electron chi connectivity index (χ1n) is 11.5. The summed E-state index contributed by atoms with van der Waals surface area (Å²) >= 11 is 9.34. The highest BCUT2D eigenvalue weighted by Crippen LogP contribution is 2.22. The number of carbonyl (C=O) groups excluding carboxylic acids is 2. The van der Waals surface area contributed by atoms with E-state index in [1.807, 2.05) is 38.1 Å². The lowest BCUT2D eigenvalue weighted by Crippen LogP contribution is -2.49. The summed E-state index contributed by atoms with van der Waals surface area (Å²) in [5, 5.41) is 3.45. The molecule has 0 aliphatic carbocycles. The monoisotopic (exact) mass is 585 g/mol. The molecule has 2 amide bonds. The van der Waals surface area contributed by atoms with Gasteiger partial charge in [-0.3, -0.25) is 13.9 Å². The number of halogens is 2. The summed E-state index contributed by atoms with van der Waals surface area (Å²) in [5.74, 6) is -0.437. The SMILES string of the molecule is CCC(C)NC(=O)C(C)N(Cc1ccc(Br)cc1)C(=O)CCCN(c1ccc(Cl)cc1)S(C)(=O)=O. The van der Waals surface area contributed by atoms with Gasteiger partial charge in [0.05, 0.1) is 11.9 Å². The lowest BCUT2D eigenvalue weighted by atomic mass is 10.1. The Balaban J connectivity index is 2.15. The standard InChI is InChI=1S/C25H33BrClN3O4S/c1-5-18(2)28-25(32)19(3)29(17-20-8-10-21(26)11-9-20)24(31)7-6-16-30(35(4,33)34)23-14-12-22(27)13-15-23/h8-15,18-19H,5-7,16-17H2,1-4H3,(H,28,32). The Hall–Kier alpha value is -2.10. The molecule has 1 N–H and O–H groups in total. The quantitative estimate of drug-likeness (QED) is 0.380. The summed E-state index contributed by atoms with van der Waals surface area (Å²) in [6, 6.07) is 13.4. The topological polar surface area (TPSA) is 86.8 Å². The molecular weight excluding hydrogens is 554 g/mol. The number of sulfonamides is 1. The minimum atomic E-state index is -3.55. The van der Waals surface area contributed by atoms with Gasteiger partial charge < -0.3 is 10.2 Å². The summed E-state index contributed by atoms with van der Waals surface area (Å²) in [5.41, 5.74) is 1.38. The van der Waals surface area contributed by atoms with Crippen molar-refractivity contribution >= 4 is 55.1 Å². The third-order valence-corrected chi connectivity index (χ3v) is 7.68. The molecule has 35 heavy (non-hydrogen) atoms. The van der Waals surface area contributed by atoms with Gasteiger partial charge in [-0.25, -0.2) is 8.42 Å². The van der Waals surface area contributed by atoms with Gasteiger partial charge in [0.2, 0.25) is 21.8 Å². The van der Waals surface area contributed by atoms with E-state index in [1.54, 1.807) is 36.1 Å². The van der Waals surface area contributed by atoms with Crippen LogP contribution in [0.1, 0.15) is 45.6 Å². The number of hydrogen-bond acceptors (Lipinski definition) is 4. The first kappa shape index (κ1) is 29.1. The van der Waals surface area contributed by atoms with Crippen molar-refractivity contribution in [3.05, 3.63) is 63.6 Å². The van der Waals surface area contributed by atoms with Gasteiger partial charge in [-0.1, -0.05) is 46.6 Å². The van der Waals surface area contributed by atoms with Crippen LogP contribution in [-0.2, 0) is 26.2 Å². The van der Waals surface area contributed by atoms with Gasteiger partial charge in [-0.15, -0.1) is 0 Å². The van der Waals surface area contributed by atoms with Gasteiger partial charge in [0.25, 0.3) is 0 Å². The van der Waals surface area contributed by atoms with Crippen LogP contribution in [0.2, 0.25) is 5.02 Å². The van der Waals surface area contributed by atoms with E-state index in [1.165, 1.54) is 4.31 Å². The molecular formula is C25H33BrClN3O4S. The number of anilines is 1. The van der Waals surface area contributed by atoms with E-state index in [9.17, 15) is 18.0 Å². The first-order valence-corrected chi connectivity index (χ1v) is 14.5. The fourth-order valence-corrected chi connectivity index (χ4v) is 4.80. The van der Waals surface area contributed by atoms with Gasteiger partial charge in [0.1, 0.15) is 6.04 Å². The Labute approximate surface area is 222 Å². The molecule has 192 valence electrons. The van der Waals surface area contributed by atoms with Crippen LogP contribution in [0.5, 0.6) is 0 Å². The normalized spacial score (nSPS) is 13.1. The van der Waals surface area contributed by atoms with Gasteiger partial charge in [0.15, 0.2) is 0 Å². The van der Waals surface area contributed by atoms with E-state index in [4.69, 9.17) is 11.6 Å². The maximum Gasteiger partial charge on any atom is 0.242 e. The number of rotatable bonds is 12. The molecule has 0 aliphatic heterocycles. The van der Waals surface area contributed by atoms with E-state index in [-0.39, 0.29) is 37.4 Å². The highest BCUT2D eigenvalue weighted by atomic mass is 79.9. The van der Waals surface area contributed by atoms with Gasteiger partial charge >= 0.3 is 0 Å². The van der Waals surface area contributed by atoms with Crippen molar-refractivity contribution < 1.29 is 18.0 Å². The third kappa shape index (κ3) is 9.13. The van der Waals surface area contributed by atoms with Gasteiger partial charge in [0, 0.05) is 35.0 Å². The fourth-order valence-electron chi connectivity index (χ4n) is 3.45. The van der Waals surface area contributed by atoms with Crippen LogP contribution in [0.15, 0.2) is 53.0 Å². The predicted octanol–water partition coefficient (Wildman–Crippen LogP) is 4.98. The summed E-state index contributed by atoms with van der Waals surface area (Å²) in [7, 11) is -3.55. The molecule has 10 heteroatoms. The van der Waals surface area contributed by atoms with Crippen LogP contribution in [0, 0.1) is 0 Å². The van der Waals surface area contributed by atoms with Crippen molar-refractivity contribution in [3.8, 4) is 0 Å². The van der Waals surface area contributed by atoms with Crippen LogP contribution < -0.4 is 9.62 Å². The summed E-state index contributed by atoms with van der Waals surface area (Å²) in [6.45, 7) is 6.02. The van der Waals surface area contributed by atoms with Gasteiger partial charge in [-0.2, -0.15) is 0 Å². The number of benzene rings is 2. The number of carbonyl (C=O) groups is 2. The van der Waals surface area contributed by atoms with Crippen molar-refractivity contribution in [1.29, 1.82) is 0 Å². The zero-order valence-corrected chi connectivity index (χ0v) is 23.7. The molecule has 2 unspecified atom stereocenters. The molecule has 0 saturated carbocycles. The first-order chi connectivity index (χ1) is 16.4. The molecule has 0 saturated heterocycles. The van der Waals surface area contributed by atoms with Crippen molar-refractivity contribution in [2.45, 2.75) is 58.7 Å². The maximum atomic E-state index is 13.3. The van der Waals surface area contributed by atoms with Crippen LogP contribution in [0.3, 0.4) is 0 Å². The van der Waals surface area contributed by atoms with Crippen molar-refractivity contribution in [3.63, 3.8) is 0 Å². The minimum Gasteiger partial charge on any atom is -0.352 e. The number of nitrogens with one attached hydrogen (secondary N) is 1. The molecule has 0 bridgehead atoms. The Morgan fingerprint density at radius 3 is 2.20 bits per heavy atom. The van der Waals surface area contributed by atoms with Crippen molar-refractivity contribution in [2.75, 3.05) is 17.1 Å². The van der Waals surface area contributed by atoms with Crippen LogP contribution in [-0.4, -0.2) is 50.0 Å². The molecule has 0 aromatic heterocycles. The minimum absolute atomic E-state index is 0.00252. The summed E-state index contributed by atoms with van der Waals surface area (Å²) in [4.78, 5) is 27.6. The van der Waals surface area contributed by atoms with Crippen molar-refractivity contribution in [1.82, 2.24) is 10.2 Å². The lowest BCUT2D eigenvalue weighted by molar-refractivity contribution is -0.140. The Morgan fingerprint density at radius 1 is 1.06 bits per heavy atom. The number of amides is 2. The molecule has 0 aliphatic rings. The second-order valence-electron chi connectivity index (χ2n) is 8.56. The lowest BCUT2D eigenvalue weighted by Gasteiger charge is -2.30. The number of nitrogens with zero attached hydrogens (tertiary/aromatic N) is 2. The molecule has 0 radical (unpaired) electrons. The van der Waals surface area contributed by atoms with Gasteiger partial charge in [-0.05, 0) is 68.7 Å². The molecule has 0 spiro atoms. The second-order valence-corrected chi connectivity index (χ2v) is 11.8. The van der Waals surface area contributed by atoms with E-state index >= 15 is 0 Å². The predicted molar refractivity (Wildman–Crippen MR) is 145 cm³/mol. The van der Waals surface area contributed by atoms with Crippen molar-refractivity contribution in [2.24, 2.45) is 0 Å². The highest BCUT2D eigenvalue weighted by Gasteiger charge is 2.27. The average Bonchev–Trinajstić information content (AvgIpc) is 2.80. The third-order valence-electron chi connectivity index (χ3n) is 5.70. The maximum absolute atomic E-state index is 13.3. The molecule has 2 rings (SSSR count). The molecule has 2 aromatic carbocycles. The van der Waals surface area contributed by atoms with Crippen LogP contribution >= 0.6 is 27.5 Å². The Bertz CT molecular complexity index is 1090. The van der Waals surface area contributed by atoms with Crippen LogP contribution in [0.4, 0.5) is 5.69 Å². The smallest absolute Gasteiger partial charge is 0.242 e. The zero-order valence-electron chi connectivity index (χ0n) is 20.5. The molecule has 2 atom stereocenters. The highest BCUT2D eigenvalue weighted by molar-refractivity contribution is 9.10. The average molecular weight is 587 g/mol. The van der Waals surface area contributed by atoms with E-state index in [2.05, 4.69) is 21.2 Å². The fraction of sp³-hybridized carbons (Fsp3) is 0.440. The van der Waals surface area contributed by atoms with E-state index in [0.717, 1.165) is 22.7 Å². The molecule has 0 fully saturated rings. The molecule has 2 aromatic rings. The molecule has 0 heterocycles. The van der Waals surface area contributed by atoms with E-state index < -0.39 is 16.1 Å². The summed E-state index contributed by atoms with van der Waals surface area (Å²) < 4.78 is 26.9. The Kier molecular flexibility index (Phi) is 11.0. The second kappa shape index (κ2) is 13.3. The Morgan fingerprint density at radius 2 is 1.66 bits per heavy atom. The molecule has 7 nitrogen and oxygen atoms in total.